The Balaban J connectivity index is 1.52. The number of aromatic nitrogens is 2. The zero-order chi connectivity index (χ0) is 19.9. The molecule has 0 aliphatic rings. The van der Waals surface area contributed by atoms with E-state index in [4.69, 9.17) is 14.0 Å². The number of carbonyl (C=O) groups excluding carboxylic acids is 1. The first-order valence-corrected chi connectivity index (χ1v) is 9.89. The van der Waals surface area contributed by atoms with Gasteiger partial charge < -0.3 is 14.0 Å². The summed E-state index contributed by atoms with van der Waals surface area (Å²) in [4.78, 5) is 17.4. The molecular formula is C21H22N2O4S. The summed E-state index contributed by atoms with van der Waals surface area (Å²) in [5.41, 5.74) is 2.78. The monoisotopic (exact) mass is 398 g/mol. The van der Waals surface area contributed by atoms with Crippen molar-refractivity contribution in [2.24, 2.45) is 0 Å². The van der Waals surface area contributed by atoms with Crippen LogP contribution in [0.5, 0.6) is 5.75 Å². The molecule has 3 aromatic rings. The van der Waals surface area contributed by atoms with Crippen LogP contribution in [0.3, 0.4) is 0 Å². The molecule has 0 saturated carbocycles. The van der Waals surface area contributed by atoms with Crippen molar-refractivity contribution in [1.29, 1.82) is 0 Å². The number of carbonyl (C=O) groups is 1. The van der Waals surface area contributed by atoms with E-state index in [1.165, 1.54) is 11.8 Å². The van der Waals surface area contributed by atoms with E-state index in [0.717, 1.165) is 21.8 Å². The number of esters is 1. The molecule has 7 heteroatoms. The van der Waals surface area contributed by atoms with E-state index in [1.54, 1.807) is 13.0 Å². The summed E-state index contributed by atoms with van der Waals surface area (Å²) in [6, 6.07) is 13.3. The van der Waals surface area contributed by atoms with E-state index in [2.05, 4.69) is 16.2 Å². The second-order valence-corrected chi connectivity index (χ2v) is 7.35. The molecule has 0 radical (unpaired) electrons. The first-order valence-electron chi connectivity index (χ1n) is 8.90. The number of hydrogen-bond acceptors (Lipinski definition) is 7. The van der Waals surface area contributed by atoms with Crippen LogP contribution in [0.2, 0.25) is 0 Å². The normalized spacial score (nSPS) is 10.7. The third kappa shape index (κ3) is 5.60. The van der Waals surface area contributed by atoms with Gasteiger partial charge in [0.25, 0.3) is 0 Å². The molecule has 28 heavy (non-hydrogen) atoms. The molecule has 2 aromatic carbocycles. The molecule has 0 spiro atoms. The van der Waals surface area contributed by atoms with Gasteiger partial charge in [0.05, 0.1) is 11.3 Å². The van der Waals surface area contributed by atoms with Gasteiger partial charge in [-0.3, -0.25) is 0 Å². The van der Waals surface area contributed by atoms with Crippen molar-refractivity contribution in [2.75, 3.05) is 13.2 Å². The number of ether oxygens (including phenoxy) is 2. The van der Waals surface area contributed by atoms with E-state index < -0.39 is 0 Å². The predicted octanol–water partition coefficient (Wildman–Crippen LogP) is 4.52. The van der Waals surface area contributed by atoms with Crippen molar-refractivity contribution in [3.63, 3.8) is 0 Å². The fourth-order valence-electron chi connectivity index (χ4n) is 2.69. The highest BCUT2D eigenvalue weighted by Gasteiger charge is 2.14. The third-order valence-electron chi connectivity index (χ3n) is 3.81. The van der Waals surface area contributed by atoms with Gasteiger partial charge in [0.1, 0.15) is 19.0 Å². The van der Waals surface area contributed by atoms with E-state index in [1.807, 2.05) is 44.2 Å². The van der Waals surface area contributed by atoms with E-state index in [0.29, 0.717) is 29.6 Å². The highest BCUT2D eigenvalue weighted by molar-refractivity contribution is 7.98. The van der Waals surface area contributed by atoms with Crippen LogP contribution in [0.1, 0.15) is 33.2 Å². The number of aryl methyl sites for hydroxylation is 3. The Hall–Kier alpha value is -2.80. The molecule has 146 valence electrons. The molecule has 0 bridgehead atoms. The average molecular weight is 398 g/mol. The fraction of sp³-hybridized carbons (Fsp3) is 0.286. The average Bonchev–Trinajstić information content (AvgIpc) is 3.08. The molecule has 0 saturated heterocycles. The lowest BCUT2D eigenvalue weighted by atomic mass is 10.1. The third-order valence-corrected chi connectivity index (χ3v) is 4.87. The van der Waals surface area contributed by atoms with Crippen LogP contribution in [0, 0.1) is 20.8 Å². The predicted molar refractivity (Wildman–Crippen MR) is 107 cm³/mol. The Labute approximate surface area is 168 Å². The van der Waals surface area contributed by atoms with Crippen molar-refractivity contribution in [2.45, 2.75) is 31.4 Å². The summed E-state index contributed by atoms with van der Waals surface area (Å²) in [5.74, 6) is 1.99. The maximum Gasteiger partial charge on any atom is 0.339 e. The first kappa shape index (κ1) is 19.9. The summed E-state index contributed by atoms with van der Waals surface area (Å²) < 4.78 is 16.2. The topological polar surface area (TPSA) is 74.5 Å². The number of thioether (sulfide) groups is 1. The number of rotatable bonds is 8. The maximum absolute atomic E-state index is 12.5. The molecule has 3 rings (SSSR count). The smallest absolute Gasteiger partial charge is 0.339 e. The zero-order valence-corrected chi connectivity index (χ0v) is 16.9. The van der Waals surface area contributed by atoms with Crippen molar-refractivity contribution < 1.29 is 18.8 Å². The van der Waals surface area contributed by atoms with Crippen LogP contribution >= 0.6 is 11.8 Å². The van der Waals surface area contributed by atoms with Crippen LogP contribution in [0.4, 0.5) is 0 Å². The van der Waals surface area contributed by atoms with Crippen LogP contribution in [0.25, 0.3) is 0 Å². The molecule has 0 aliphatic carbocycles. The standard InChI is InChI=1S/C21H22N2O4S/c1-14-10-15(2)12-17(11-14)25-8-9-26-21(24)18-6-4-5-7-19(18)28-13-20-22-16(3)23-27-20/h4-7,10-12H,8-9,13H2,1-3H3. The molecule has 0 fully saturated rings. The van der Waals surface area contributed by atoms with Crippen LogP contribution in [0.15, 0.2) is 51.9 Å². The quantitative estimate of drug-likeness (QED) is 0.314. The fourth-order valence-corrected chi connectivity index (χ4v) is 3.57. The Kier molecular flexibility index (Phi) is 6.71. The van der Waals surface area contributed by atoms with E-state index in [9.17, 15) is 4.79 Å². The molecule has 0 aliphatic heterocycles. The first-order chi connectivity index (χ1) is 13.5. The van der Waals surface area contributed by atoms with E-state index >= 15 is 0 Å². The minimum absolute atomic E-state index is 0.174. The Morgan fingerprint density at radius 1 is 1.07 bits per heavy atom. The Morgan fingerprint density at radius 3 is 2.54 bits per heavy atom. The minimum Gasteiger partial charge on any atom is -0.490 e. The summed E-state index contributed by atoms with van der Waals surface area (Å²) >= 11 is 1.45. The lowest BCUT2D eigenvalue weighted by Gasteiger charge is -2.10. The summed E-state index contributed by atoms with van der Waals surface area (Å²) in [5, 5.41) is 3.77. The van der Waals surface area contributed by atoms with Crippen LogP contribution < -0.4 is 4.74 Å². The lowest BCUT2D eigenvalue weighted by Crippen LogP contribution is -2.13. The van der Waals surface area contributed by atoms with Gasteiger partial charge in [-0.2, -0.15) is 4.98 Å². The molecule has 0 N–H and O–H groups in total. The maximum atomic E-state index is 12.5. The molecular weight excluding hydrogens is 376 g/mol. The van der Waals surface area contributed by atoms with Crippen LogP contribution in [-0.2, 0) is 10.5 Å². The van der Waals surface area contributed by atoms with Gasteiger partial charge in [-0.1, -0.05) is 23.4 Å². The second-order valence-electron chi connectivity index (χ2n) is 6.33. The highest BCUT2D eigenvalue weighted by Crippen LogP contribution is 2.26. The summed E-state index contributed by atoms with van der Waals surface area (Å²) in [7, 11) is 0. The van der Waals surface area contributed by atoms with E-state index in [-0.39, 0.29) is 12.6 Å². The van der Waals surface area contributed by atoms with Crippen molar-refractivity contribution in [3.05, 3.63) is 70.9 Å². The number of nitrogens with zero attached hydrogens (tertiary/aromatic N) is 2. The SMILES string of the molecule is Cc1cc(C)cc(OCCOC(=O)c2ccccc2SCc2nc(C)no2)c1. The summed E-state index contributed by atoms with van der Waals surface area (Å²) in [6.07, 6.45) is 0. The largest absolute Gasteiger partial charge is 0.490 e. The van der Waals surface area contributed by atoms with Crippen molar-refractivity contribution >= 4 is 17.7 Å². The molecule has 1 aromatic heterocycles. The minimum atomic E-state index is -0.381. The summed E-state index contributed by atoms with van der Waals surface area (Å²) in [6.45, 7) is 6.27. The highest BCUT2D eigenvalue weighted by atomic mass is 32.2. The van der Waals surface area contributed by atoms with Gasteiger partial charge in [0.15, 0.2) is 5.82 Å². The Bertz CT molecular complexity index is 935. The number of benzene rings is 2. The van der Waals surface area contributed by atoms with Gasteiger partial charge in [0, 0.05) is 4.90 Å². The van der Waals surface area contributed by atoms with Crippen molar-refractivity contribution in [1.82, 2.24) is 10.1 Å². The van der Waals surface area contributed by atoms with Gasteiger partial charge in [-0.05, 0) is 56.2 Å². The Morgan fingerprint density at radius 2 is 1.82 bits per heavy atom. The van der Waals surface area contributed by atoms with Gasteiger partial charge >= 0.3 is 5.97 Å². The zero-order valence-electron chi connectivity index (χ0n) is 16.1. The second kappa shape index (κ2) is 9.41. The van der Waals surface area contributed by atoms with Crippen molar-refractivity contribution in [3.8, 4) is 5.75 Å². The molecule has 1 heterocycles. The van der Waals surface area contributed by atoms with Gasteiger partial charge in [-0.25, -0.2) is 4.79 Å². The number of hydrogen-bond donors (Lipinski definition) is 0. The van der Waals surface area contributed by atoms with Gasteiger partial charge in [-0.15, -0.1) is 11.8 Å². The van der Waals surface area contributed by atoms with Gasteiger partial charge in [0.2, 0.25) is 5.89 Å². The molecule has 0 amide bonds. The van der Waals surface area contributed by atoms with Crippen LogP contribution in [-0.4, -0.2) is 29.3 Å². The molecule has 6 nitrogen and oxygen atoms in total. The lowest BCUT2D eigenvalue weighted by molar-refractivity contribution is 0.0446. The molecule has 0 atom stereocenters. The molecule has 0 unspecified atom stereocenters.